The monoisotopic (exact) mass is 272 g/mol. The van der Waals surface area contributed by atoms with Crippen molar-refractivity contribution >= 4 is 28.3 Å². The molecule has 0 unspecified atom stereocenters. The summed E-state index contributed by atoms with van der Waals surface area (Å²) in [5, 5.41) is 7.07. The molecular formula is C15H20N4O. The Labute approximate surface area is 119 Å². The molecule has 0 bridgehead atoms. The van der Waals surface area contributed by atoms with E-state index in [1.165, 1.54) is 6.92 Å². The number of carbonyl (C=O) groups is 1. The van der Waals surface area contributed by atoms with Crippen LogP contribution in [0.25, 0.3) is 10.9 Å². The summed E-state index contributed by atoms with van der Waals surface area (Å²) in [6.45, 7) is 3.32. The third kappa shape index (κ3) is 3.93. The van der Waals surface area contributed by atoms with Gasteiger partial charge in [-0.3, -0.25) is 4.79 Å². The van der Waals surface area contributed by atoms with E-state index >= 15 is 0 Å². The van der Waals surface area contributed by atoms with E-state index in [-0.39, 0.29) is 5.91 Å². The highest BCUT2D eigenvalue weighted by atomic mass is 16.1. The van der Waals surface area contributed by atoms with Crippen LogP contribution in [0.2, 0.25) is 0 Å². The highest BCUT2D eigenvalue weighted by Gasteiger charge is 2.01. The van der Waals surface area contributed by atoms with Gasteiger partial charge in [0.05, 0.1) is 5.52 Å². The molecule has 0 aliphatic rings. The summed E-state index contributed by atoms with van der Waals surface area (Å²) in [4.78, 5) is 17.7. The largest absolute Gasteiger partial charge is 0.369 e. The lowest BCUT2D eigenvalue weighted by Crippen LogP contribution is -2.21. The van der Waals surface area contributed by atoms with E-state index in [1.54, 1.807) is 0 Å². The quantitative estimate of drug-likeness (QED) is 0.876. The van der Waals surface area contributed by atoms with Crippen molar-refractivity contribution in [3.8, 4) is 0 Å². The maximum atomic E-state index is 11.0. The van der Waals surface area contributed by atoms with Gasteiger partial charge in [-0.05, 0) is 44.4 Å². The number of anilines is 2. The molecule has 106 valence electrons. The summed E-state index contributed by atoms with van der Waals surface area (Å²) in [6, 6.07) is 9.66. The van der Waals surface area contributed by atoms with Gasteiger partial charge in [0.25, 0.3) is 0 Å². The lowest BCUT2D eigenvalue weighted by molar-refractivity contribution is -0.114. The molecule has 0 spiro atoms. The van der Waals surface area contributed by atoms with Crippen LogP contribution in [0.5, 0.6) is 0 Å². The van der Waals surface area contributed by atoms with Crippen molar-refractivity contribution in [3.05, 3.63) is 30.3 Å². The molecule has 2 aromatic rings. The number of hydrogen-bond donors (Lipinski definition) is 2. The Kier molecular flexibility index (Phi) is 4.53. The van der Waals surface area contributed by atoms with Crippen LogP contribution in [0.4, 0.5) is 11.5 Å². The number of benzene rings is 1. The normalized spacial score (nSPS) is 10.8. The molecule has 1 aromatic heterocycles. The average molecular weight is 272 g/mol. The molecule has 1 aromatic carbocycles. The molecule has 5 heteroatoms. The van der Waals surface area contributed by atoms with E-state index in [4.69, 9.17) is 0 Å². The maximum Gasteiger partial charge on any atom is 0.221 e. The second-order valence-corrected chi connectivity index (χ2v) is 5.02. The van der Waals surface area contributed by atoms with Crippen LogP contribution in [-0.4, -0.2) is 43.0 Å². The Hall–Kier alpha value is -2.14. The molecule has 0 fully saturated rings. The Bertz CT molecular complexity index is 610. The molecule has 2 rings (SSSR count). The van der Waals surface area contributed by atoms with E-state index in [1.807, 2.05) is 44.4 Å². The molecular weight excluding hydrogens is 252 g/mol. The molecule has 0 aliphatic carbocycles. The van der Waals surface area contributed by atoms with Gasteiger partial charge in [-0.15, -0.1) is 0 Å². The molecule has 2 N–H and O–H groups in total. The SMILES string of the molecule is CC(=O)Nc1ccc2nc(NCCN(C)C)ccc2c1. The first kappa shape index (κ1) is 14.3. The number of pyridine rings is 1. The number of amides is 1. The first-order chi connectivity index (χ1) is 9.54. The minimum absolute atomic E-state index is 0.0701. The lowest BCUT2D eigenvalue weighted by atomic mass is 10.2. The van der Waals surface area contributed by atoms with E-state index < -0.39 is 0 Å². The Balaban J connectivity index is 2.12. The van der Waals surface area contributed by atoms with Gasteiger partial charge < -0.3 is 15.5 Å². The minimum atomic E-state index is -0.0701. The lowest BCUT2D eigenvalue weighted by Gasteiger charge is -2.11. The Morgan fingerprint density at radius 1 is 1.25 bits per heavy atom. The molecule has 1 amide bonds. The van der Waals surface area contributed by atoms with Crippen molar-refractivity contribution in [1.29, 1.82) is 0 Å². The molecule has 0 atom stereocenters. The van der Waals surface area contributed by atoms with Crippen molar-refractivity contribution in [3.63, 3.8) is 0 Å². The van der Waals surface area contributed by atoms with Crippen LogP contribution >= 0.6 is 0 Å². The molecule has 0 aliphatic heterocycles. The maximum absolute atomic E-state index is 11.0. The predicted octanol–water partition coefficient (Wildman–Crippen LogP) is 2.17. The third-order valence-electron chi connectivity index (χ3n) is 2.87. The van der Waals surface area contributed by atoms with Gasteiger partial charge in [0.1, 0.15) is 5.82 Å². The summed E-state index contributed by atoms with van der Waals surface area (Å²) < 4.78 is 0. The van der Waals surface area contributed by atoms with Gasteiger partial charge in [-0.25, -0.2) is 4.98 Å². The van der Waals surface area contributed by atoms with Crippen LogP contribution in [0.3, 0.4) is 0 Å². The van der Waals surface area contributed by atoms with Gasteiger partial charge in [0, 0.05) is 31.1 Å². The zero-order valence-corrected chi connectivity index (χ0v) is 12.1. The fourth-order valence-electron chi connectivity index (χ4n) is 1.91. The minimum Gasteiger partial charge on any atom is -0.369 e. The van der Waals surface area contributed by atoms with Gasteiger partial charge in [0.15, 0.2) is 0 Å². The second kappa shape index (κ2) is 6.34. The number of fused-ring (bicyclic) bond motifs is 1. The average Bonchev–Trinajstić information content (AvgIpc) is 2.37. The number of hydrogen-bond acceptors (Lipinski definition) is 4. The van der Waals surface area contributed by atoms with Crippen LogP contribution < -0.4 is 10.6 Å². The number of likely N-dealkylation sites (N-methyl/N-ethyl adjacent to an activating group) is 1. The molecule has 0 saturated carbocycles. The fourth-order valence-corrected chi connectivity index (χ4v) is 1.91. The van der Waals surface area contributed by atoms with E-state index in [2.05, 4.69) is 20.5 Å². The van der Waals surface area contributed by atoms with Crippen molar-refractivity contribution in [2.24, 2.45) is 0 Å². The van der Waals surface area contributed by atoms with Crippen molar-refractivity contribution in [2.75, 3.05) is 37.8 Å². The van der Waals surface area contributed by atoms with Crippen LogP contribution in [-0.2, 0) is 4.79 Å². The van der Waals surface area contributed by atoms with Crippen LogP contribution in [0, 0.1) is 0 Å². The summed E-state index contributed by atoms with van der Waals surface area (Å²) >= 11 is 0. The van der Waals surface area contributed by atoms with Gasteiger partial charge >= 0.3 is 0 Å². The third-order valence-corrected chi connectivity index (χ3v) is 2.87. The Morgan fingerprint density at radius 3 is 2.75 bits per heavy atom. The van der Waals surface area contributed by atoms with Gasteiger partial charge in [-0.1, -0.05) is 0 Å². The topological polar surface area (TPSA) is 57.3 Å². The van der Waals surface area contributed by atoms with E-state index in [9.17, 15) is 4.79 Å². The van der Waals surface area contributed by atoms with Crippen molar-refractivity contribution in [2.45, 2.75) is 6.92 Å². The zero-order chi connectivity index (χ0) is 14.5. The van der Waals surface area contributed by atoms with Gasteiger partial charge in [-0.2, -0.15) is 0 Å². The second-order valence-electron chi connectivity index (χ2n) is 5.02. The molecule has 1 heterocycles. The van der Waals surface area contributed by atoms with Crippen molar-refractivity contribution in [1.82, 2.24) is 9.88 Å². The number of nitrogens with zero attached hydrogens (tertiary/aromatic N) is 2. The summed E-state index contributed by atoms with van der Waals surface area (Å²) in [7, 11) is 4.08. The molecule has 20 heavy (non-hydrogen) atoms. The van der Waals surface area contributed by atoms with Crippen LogP contribution in [0.1, 0.15) is 6.92 Å². The van der Waals surface area contributed by atoms with E-state index in [0.29, 0.717) is 0 Å². The van der Waals surface area contributed by atoms with Crippen molar-refractivity contribution < 1.29 is 4.79 Å². The van der Waals surface area contributed by atoms with Gasteiger partial charge in [0.2, 0.25) is 5.91 Å². The number of carbonyl (C=O) groups excluding carboxylic acids is 1. The number of nitrogens with one attached hydrogen (secondary N) is 2. The first-order valence-electron chi connectivity index (χ1n) is 6.61. The molecule has 5 nitrogen and oxygen atoms in total. The van der Waals surface area contributed by atoms with E-state index in [0.717, 1.165) is 35.5 Å². The zero-order valence-electron chi connectivity index (χ0n) is 12.1. The molecule has 0 saturated heterocycles. The highest BCUT2D eigenvalue weighted by Crippen LogP contribution is 2.19. The summed E-state index contributed by atoms with van der Waals surface area (Å²) in [5.41, 5.74) is 1.70. The predicted molar refractivity (Wildman–Crippen MR) is 83.1 cm³/mol. The fraction of sp³-hybridized carbons (Fsp3) is 0.333. The highest BCUT2D eigenvalue weighted by molar-refractivity contribution is 5.92. The summed E-state index contributed by atoms with van der Waals surface area (Å²) in [6.07, 6.45) is 0. The number of rotatable bonds is 5. The standard InChI is InChI=1S/C15H20N4O/c1-11(20)17-13-5-6-14-12(10-13)4-7-15(18-14)16-8-9-19(2)3/h4-7,10H,8-9H2,1-3H3,(H,16,18)(H,17,20). The summed E-state index contributed by atoms with van der Waals surface area (Å²) in [5.74, 6) is 0.797. The Morgan fingerprint density at radius 2 is 2.05 bits per heavy atom. The molecule has 0 radical (unpaired) electrons. The van der Waals surface area contributed by atoms with Crippen LogP contribution in [0.15, 0.2) is 30.3 Å². The number of aromatic nitrogens is 1. The first-order valence-corrected chi connectivity index (χ1v) is 6.61. The smallest absolute Gasteiger partial charge is 0.221 e.